The molecule has 0 spiro atoms. The van der Waals surface area contributed by atoms with Gasteiger partial charge in [-0.3, -0.25) is 8.89 Å². The molecular formula is C17H22N4O2S. The first-order valence-corrected chi connectivity index (χ1v) is 9.54. The van der Waals surface area contributed by atoms with Crippen molar-refractivity contribution in [3.05, 3.63) is 42.2 Å². The molecule has 7 heteroatoms. The number of aryl methyl sites for hydroxylation is 1. The number of likely N-dealkylation sites (tertiary alicyclic amines) is 1. The van der Waals surface area contributed by atoms with Gasteiger partial charge in [0.25, 0.3) is 0 Å². The fraction of sp³-hybridized carbons (Fsp3) is 0.412. The summed E-state index contributed by atoms with van der Waals surface area (Å²) in [6.45, 7) is 1.51. The lowest BCUT2D eigenvalue weighted by Gasteiger charge is -2.17. The summed E-state index contributed by atoms with van der Waals surface area (Å²) in [6.07, 6.45) is 7.49. The van der Waals surface area contributed by atoms with Crippen LogP contribution in [0.3, 0.4) is 0 Å². The largest absolute Gasteiger partial charge is 0.324 e. The highest BCUT2D eigenvalue weighted by atomic mass is 32.2. The van der Waals surface area contributed by atoms with Crippen LogP contribution in [0, 0.1) is 5.92 Å². The van der Waals surface area contributed by atoms with E-state index in [2.05, 4.69) is 10.4 Å². The Morgan fingerprint density at radius 2 is 2.29 bits per heavy atom. The second kappa shape index (κ2) is 7.17. The summed E-state index contributed by atoms with van der Waals surface area (Å²) in [5.41, 5.74) is 1.89. The number of aromatic nitrogens is 2. The summed E-state index contributed by atoms with van der Waals surface area (Å²) in [5.74, 6) is 0.467. The van der Waals surface area contributed by atoms with Crippen molar-refractivity contribution in [3.63, 3.8) is 0 Å². The molecule has 3 rings (SSSR count). The van der Waals surface area contributed by atoms with Crippen LogP contribution in [0.2, 0.25) is 0 Å². The van der Waals surface area contributed by atoms with Gasteiger partial charge in [-0.2, -0.15) is 5.10 Å². The van der Waals surface area contributed by atoms with E-state index in [1.54, 1.807) is 23.1 Å². The summed E-state index contributed by atoms with van der Waals surface area (Å²) >= 11 is 0. The summed E-state index contributed by atoms with van der Waals surface area (Å²) in [6, 6.07) is 7.09. The van der Waals surface area contributed by atoms with Crippen LogP contribution in [0.15, 0.2) is 41.6 Å². The molecule has 1 saturated heterocycles. The quantitative estimate of drug-likeness (QED) is 0.923. The Morgan fingerprint density at radius 3 is 3.00 bits per heavy atom. The topological polar surface area (TPSA) is 67.2 Å². The van der Waals surface area contributed by atoms with E-state index in [-0.39, 0.29) is 6.03 Å². The summed E-state index contributed by atoms with van der Waals surface area (Å²) < 4.78 is 13.3. The summed E-state index contributed by atoms with van der Waals surface area (Å²) in [4.78, 5) is 15.0. The SMILES string of the molecule is Cn1cc(C[C@H]2CCN(C(=O)Nc3cccc([S@@](C)=O)c3)C2)cn1. The Balaban J connectivity index is 1.56. The van der Waals surface area contributed by atoms with Crippen LogP contribution in [0.4, 0.5) is 10.5 Å². The number of hydrogen-bond donors (Lipinski definition) is 1. The Labute approximate surface area is 144 Å². The molecule has 2 amide bonds. The highest BCUT2D eigenvalue weighted by molar-refractivity contribution is 7.84. The molecule has 0 aliphatic carbocycles. The molecule has 0 saturated carbocycles. The van der Waals surface area contributed by atoms with E-state index in [9.17, 15) is 9.00 Å². The van der Waals surface area contributed by atoms with E-state index in [1.165, 1.54) is 5.56 Å². The Morgan fingerprint density at radius 1 is 1.46 bits per heavy atom. The number of nitrogens with zero attached hydrogens (tertiary/aromatic N) is 3. The molecule has 1 N–H and O–H groups in total. The summed E-state index contributed by atoms with van der Waals surface area (Å²) in [5, 5.41) is 7.09. The molecule has 128 valence electrons. The highest BCUT2D eigenvalue weighted by Crippen LogP contribution is 2.22. The van der Waals surface area contributed by atoms with E-state index in [0.29, 0.717) is 16.5 Å². The molecule has 2 atom stereocenters. The molecular weight excluding hydrogens is 324 g/mol. The summed E-state index contributed by atoms with van der Waals surface area (Å²) in [7, 11) is 0.857. The predicted molar refractivity (Wildman–Crippen MR) is 94.4 cm³/mol. The van der Waals surface area contributed by atoms with Crippen LogP contribution in [-0.2, 0) is 24.3 Å². The number of anilines is 1. The number of carbonyl (C=O) groups excluding carboxylic acids is 1. The minimum atomic E-state index is -1.06. The zero-order valence-electron chi connectivity index (χ0n) is 13.9. The van der Waals surface area contributed by atoms with Crippen molar-refractivity contribution in [2.75, 3.05) is 24.7 Å². The van der Waals surface area contributed by atoms with Crippen LogP contribution in [-0.4, -0.2) is 44.3 Å². The molecule has 1 aromatic heterocycles. The van der Waals surface area contributed by atoms with Gasteiger partial charge in [-0.1, -0.05) is 6.07 Å². The number of hydrogen-bond acceptors (Lipinski definition) is 3. The second-order valence-corrected chi connectivity index (χ2v) is 7.62. The molecule has 1 aliphatic heterocycles. The number of nitrogens with one attached hydrogen (secondary N) is 1. The number of benzene rings is 1. The minimum Gasteiger partial charge on any atom is -0.324 e. The first-order chi connectivity index (χ1) is 11.5. The zero-order valence-corrected chi connectivity index (χ0v) is 14.8. The van der Waals surface area contributed by atoms with E-state index < -0.39 is 10.8 Å². The van der Waals surface area contributed by atoms with E-state index in [4.69, 9.17) is 0 Å². The monoisotopic (exact) mass is 346 g/mol. The van der Waals surface area contributed by atoms with Gasteiger partial charge in [0.05, 0.1) is 6.20 Å². The third kappa shape index (κ3) is 4.03. The van der Waals surface area contributed by atoms with Gasteiger partial charge in [0, 0.05) is 54.0 Å². The lowest BCUT2D eigenvalue weighted by atomic mass is 10.0. The number of amides is 2. The number of urea groups is 1. The molecule has 1 aliphatic rings. The van der Waals surface area contributed by atoms with Crippen molar-refractivity contribution in [2.45, 2.75) is 17.7 Å². The van der Waals surface area contributed by atoms with E-state index >= 15 is 0 Å². The van der Waals surface area contributed by atoms with Gasteiger partial charge in [-0.15, -0.1) is 0 Å². The molecule has 0 radical (unpaired) electrons. The van der Waals surface area contributed by atoms with Crippen molar-refractivity contribution >= 4 is 22.5 Å². The van der Waals surface area contributed by atoms with E-state index in [0.717, 1.165) is 25.9 Å². The maximum Gasteiger partial charge on any atom is 0.321 e. The van der Waals surface area contributed by atoms with Crippen molar-refractivity contribution in [2.24, 2.45) is 13.0 Å². The van der Waals surface area contributed by atoms with Gasteiger partial charge in [0.2, 0.25) is 0 Å². The minimum absolute atomic E-state index is 0.0947. The first kappa shape index (κ1) is 16.7. The van der Waals surface area contributed by atoms with Crippen LogP contribution in [0.5, 0.6) is 0 Å². The van der Waals surface area contributed by atoms with E-state index in [1.807, 2.05) is 36.5 Å². The lowest BCUT2D eigenvalue weighted by Crippen LogP contribution is -2.33. The van der Waals surface area contributed by atoms with Crippen molar-refractivity contribution in [1.29, 1.82) is 0 Å². The standard InChI is InChI=1S/C17H22N4O2S/c1-20-11-14(10-18-20)8-13-6-7-21(12-13)17(22)19-15-4-3-5-16(9-15)24(2)23/h3-5,9-11,13H,6-8,12H2,1-2H3,(H,19,22)/t13-,24-/m1/s1. The van der Waals surface area contributed by atoms with Crippen LogP contribution in [0.1, 0.15) is 12.0 Å². The van der Waals surface area contributed by atoms with Crippen LogP contribution >= 0.6 is 0 Å². The smallest absolute Gasteiger partial charge is 0.321 e. The lowest BCUT2D eigenvalue weighted by molar-refractivity contribution is 0.221. The van der Waals surface area contributed by atoms with Gasteiger partial charge in [0.1, 0.15) is 0 Å². The van der Waals surface area contributed by atoms with Crippen molar-refractivity contribution in [1.82, 2.24) is 14.7 Å². The zero-order chi connectivity index (χ0) is 17.1. The molecule has 0 unspecified atom stereocenters. The molecule has 2 aromatic rings. The normalized spacial score (nSPS) is 18.6. The maximum absolute atomic E-state index is 12.4. The Kier molecular flexibility index (Phi) is 4.99. The molecule has 2 heterocycles. The second-order valence-electron chi connectivity index (χ2n) is 6.24. The predicted octanol–water partition coefficient (Wildman–Crippen LogP) is 2.25. The Hall–Kier alpha value is -2.15. The molecule has 6 nitrogen and oxygen atoms in total. The maximum atomic E-state index is 12.4. The Bertz CT molecular complexity index is 759. The average molecular weight is 346 g/mol. The third-order valence-electron chi connectivity index (χ3n) is 4.27. The van der Waals surface area contributed by atoms with Crippen molar-refractivity contribution in [3.8, 4) is 0 Å². The number of carbonyl (C=O) groups is 1. The molecule has 1 aromatic carbocycles. The number of rotatable bonds is 4. The fourth-order valence-electron chi connectivity index (χ4n) is 3.05. The van der Waals surface area contributed by atoms with Gasteiger partial charge < -0.3 is 10.2 Å². The third-order valence-corrected chi connectivity index (χ3v) is 5.19. The molecule has 0 bridgehead atoms. The van der Waals surface area contributed by atoms with Gasteiger partial charge in [-0.05, 0) is 42.5 Å². The highest BCUT2D eigenvalue weighted by Gasteiger charge is 2.26. The van der Waals surface area contributed by atoms with Gasteiger partial charge in [-0.25, -0.2) is 4.79 Å². The first-order valence-electron chi connectivity index (χ1n) is 7.98. The van der Waals surface area contributed by atoms with Crippen LogP contribution in [0.25, 0.3) is 0 Å². The van der Waals surface area contributed by atoms with Crippen molar-refractivity contribution < 1.29 is 9.00 Å². The average Bonchev–Trinajstić information content (AvgIpc) is 3.17. The molecule has 24 heavy (non-hydrogen) atoms. The van der Waals surface area contributed by atoms with Gasteiger partial charge in [0.15, 0.2) is 0 Å². The van der Waals surface area contributed by atoms with Crippen LogP contribution < -0.4 is 5.32 Å². The fourth-order valence-corrected chi connectivity index (χ4v) is 3.61. The molecule has 1 fully saturated rings. The van der Waals surface area contributed by atoms with Gasteiger partial charge >= 0.3 is 6.03 Å².